The summed E-state index contributed by atoms with van der Waals surface area (Å²) in [5.74, 6) is 7.21. The normalized spacial score (nSPS) is 23.7. The Kier molecular flexibility index (Phi) is 4.19. The molecule has 6 heteroatoms. The number of nitrogen functional groups attached to an aromatic ring is 2. The molecule has 5 N–H and O–H groups in total. The first-order chi connectivity index (χ1) is 8.71. The number of nitrogens with two attached hydrogens (primary N) is 2. The van der Waals surface area contributed by atoms with Crippen LogP contribution in [0.25, 0.3) is 0 Å². The summed E-state index contributed by atoms with van der Waals surface area (Å²) in [6.07, 6.45) is 6.12. The van der Waals surface area contributed by atoms with Crippen LogP contribution in [0.5, 0.6) is 5.88 Å². The van der Waals surface area contributed by atoms with Crippen molar-refractivity contribution in [2.45, 2.75) is 45.1 Å². The Morgan fingerprint density at radius 3 is 3.00 bits per heavy atom. The van der Waals surface area contributed by atoms with E-state index in [0.29, 0.717) is 11.7 Å². The summed E-state index contributed by atoms with van der Waals surface area (Å²) < 4.78 is 5.88. The second kappa shape index (κ2) is 5.86. The summed E-state index contributed by atoms with van der Waals surface area (Å²) in [6.45, 7) is 2.23. The van der Waals surface area contributed by atoms with Gasteiger partial charge in [0.15, 0.2) is 0 Å². The third kappa shape index (κ3) is 3.22. The lowest BCUT2D eigenvalue weighted by Crippen LogP contribution is -2.25. The number of ether oxygens (including phenoxy) is 1. The predicted molar refractivity (Wildman–Crippen MR) is 70.9 cm³/mol. The van der Waals surface area contributed by atoms with Gasteiger partial charge in [-0.15, -0.1) is 0 Å². The lowest BCUT2D eigenvalue weighted by molar-refractivity contribution is 0.117. The fourth-order valence-electron chi connectivity index (χ4n) is 2.47. The molecule has 100 valence electrons. The zero-order valence-electron chi connectivity index (χ0n) is 10.7. The number of nitrogens with one attached hydrogen (secondary N) is 1. The van der Waals surface area contributed by atoms with Gasteiger partial charge in [0, 0.05) is 6.07 Å². The van der Waals surface area contributed by atoms with Crippen LogP contribution in [-0.4, -0.2) is 16.1 Å². The number of nitrogens with zero attached hydrogens (tertiary/aromatic N) is 2. The monoisotopic (exact) mass is 251 g/mol. The Balaban J connectivity index is 2.02. The van der Waals surface area contributed by atoms with Crippen LogP contribution in [0, 0.1) is 5.92 Å². The fraction of sp³-hybridized carbons (Fsp3) is 0.667. The highest BCUT2D eigenvalue weighted by Gasteiger charge is 2.22. The fourth-order valence-corrected chi connectivity index (χ4v) is 2.47. The van der Waals surface area contributed by atoms with Crippen molar-refractivity contribution < 1.29 is 4.74 Å². The van der Waals surface area contributed by atoms with E-state index in [1.165, 1.54) is 19.3 Å². The van der Waals surface area contributed by atoms with Crippen LogP contribution in [0.4, 0.5) is 11.8 Å². The van der Waals surface area contributed by atoms with Crippen molar-refractivity contribution in [1.82, 2.24) is 9.97 Å². The third-order valence-electron chi connectivity index (χ3n) is 3.47. The minimum Gasteiger partial charge on any atom is -0.474 e. The molecule has 0 radical (unpaired) electrons. The van der Waals surface area contributed by atoms with Crippen molar-refractivity contribution in [1.29, 1.82) is 0 Å². The van der Waals surface area contributed by atoms with Crippen LogP contribution >= 0.6 is 0 Å². The Labute approximate surface area is 107 Å². The van der Waals surface area contributed by atoms with Gasteiger partial charge in [0.1, 0.15) is 11.9 Å². The van der Waals surface area contributed by atoms with E-state index in [9.17, 15) is 0 Å². The van der Waals surface area contributed by atoms with Gasteiger partial charge >= 0.3 is 0 Å². The second-order valence-corrected chi connectivity index (χ2v) is 4.77. The van der Waals surface area contributed by atoms with Crippen LogP contribution in [0.3, 0.4) is 0 Å². The molecule has 1 saturated carbocycles. The van der Waals surface area contributed by atoms with Crippen LogP contribution in [0.2, 0.25) is 0 Å². The van der Waals surface area contributed by atoms with Crippen LogP contribution in [0.1, 0.15) is 39.0 Å². The molecule has 1 aromatic heterocycles. The molecule has 2 rings (SSSR count). The van der Waals surface area contributed by atoms with Gasteiger partial charge in [-0.2, -0.15) is 9.97 Å². The molecule has 0 spiro atoms. The van der Waals surface area contributed by atoms with E-state index in [-0.39, 0.29) is 12.1 Å². The highest BCUT2D eigenvalue weighted by molar-refractivity contribution is 5.41. The minimum absolute atomic E-state index is 0.170. The molecule has 1 fully saturated rings. The Hall–Kier alpha value is -1.56. The van der Waals surface area contributed by atoms with Gasteiger partial charge in [-0.1, -0.05) is 19.8 Å². The maximum Gasteiger partial charge on any atom is 0.225 e. The van der Waals surface area contributed by atoms with Crippen molar-refractivity contribution in [3.8, 4) is 5.88 Å². The van der Waals surface area contributed by atoms with Gasteiger partial charge in [-0.25, -0.2) is 5.84 Å². The molecule has 1 heterocycles. The maximum atomic E-state index is 5.88. The number of anilines is 2. The summed E-state index contributed by atoms with van der Waals surface area (Å²) in [5, 5.41) is 0. The summed E-state index contributed by atoms with van der Waals surface area (Å²) in [6, 6.07) is 1.67. The second-order valence-electron chi connectivity index (χ2n) is 4.77. The van der Waals surface area contributed by atoms with Crippen LogP contribution in [0.15, 0.2) is 6.07 Å². The third-order valence-corrected chi connectivity index (χ3v) is 3.47. The average molecular weight is 251 g/mol. The molecule has 1 aliphatic carbocycles. The molecule has 0 aromatic carbocycles. The van der Waals surface area contributed by atoms with E-state index in [4.69, 9.17) is 16.3 Å². The van der Waals surface area contributed by atoms with E-state index in [2.05, 4.69) is 22.3 Å². The molecule has 6 nitrogen and oxygen atoms in total. The number of hydrogen-bond acceptors (Lipinski definition) is 6. The number of rotatable bonds is 4. The van der Waals surface area contributed by atoms with Crippen LogP contribution in [-0.2, 0) is 0 Å². The lowest BCUT2D eigenvalue weighted by atomic mass is 9.85. The summed E-state index contributed by atoms with van der Waals surface area (Å²) >= 11 is 0. The Morgan fingerprint density at radius 1 is 1.44 bits per heavy atom. The van der Waals surface area contributed by atoms with E-state index in [1.807, 2.05) is 0 Å². The Morgan fingerprint density at radius 2 is 2.28 bits per heavy atom. The van der Waals surface area contributed by atoms with Gasteiger partial charge in [0.25, 0.3) is 0 Å². The molecule has 0 aliphatic heterocycles. The maximum absolute atomic E-state index is 5.88. The highest BCUT2D eigenvalue weighted by Crippen LogP contribution is 2.29. The molecule has 1 aromatic rings. The van der Waals surface area contributed by atoms with E-state index in [1.54, 1.807) is 6.07 Å². The van der Waals surface area contributed by atoms with Gasteiger partial charge in [0.2, 0.25) is 11.8 Å². The topological polar surface area (TPSA) is 99.1 Å². The molecule has 1 aliphatic rings. The molecular weight excluding hydrogens is 230 g/mol. The number of aromatic nitrogens is 2. The molecule has 2 atom stereocenters. The molecule has 0 bridgehead atoms. The largest absolute Gasteiger partial charge is 0.474 e. The zero-order chi connectivity index (χ0) is 13.0. The lowest BCUT2D eigenvalue weighted by Gasteiger charge is -2.28. The molecule has 2 unspecified atom stereocenters. The molecule has 18 heavy (non-hydrogen) atoms. The zero-order valence-corrected chi connectivity index (χ0v) is 10.7. The average Bonchev–Trinajstić information content (AvgIpc) is 2.38. The number of hydrazine groups is 1. The first-order valence-electron chi connectivity index (χ1n) is 6.49. The summed E-state index contributed by atoms with van der Waals surface area (Å²) in [4.78, 5) is 8.00. The summed E-state index contributed by atoms with van der Waals surface area (Å²) in [5.41, 5.74) is 8.05. The first-order valence-corrected chi connectivity index (χ1v) is 6.49. The van der Waals surface area contributed by atoms with Gasteiger partial charge in [-0.05, 0) is 25.2 Å². The van der Waals surface area contributed by atoms with Gasteiger partial charge in [0.05, 0.1) is 0 Å². The van der Waals surface area contributed by atoms with Crippen molar-refractivity contribution in [2.75, 3.05) is 11.2 Å². The Bertz CT molecular complexity index is 398. The van der Waals surface area contributed by atoms with Crippen molar-refractivity contribution in [2.24, 2.45) is 11.8 Å². The molecular formula is C12H21N5O. The van der Waals surface area contributed by atoms with Crippen molar-refractivity contribution >= 4 is 11.8 Å². The number of hydrogen-bond donors (Lipinski definition) is 3. The standard InChI is InChI=1S/C12H21N5O/c1-2-8-4-3-5-9(6-8)18-11-7-10(17-14)15-12(13)16-11/h7-9H,2-6,14H2,1H3,(H3,13,15,16,17). The van der Waals surface area contributed by atoms with E-state index < -0.39 is 0 Å². The highest BCUT2D eigenvalue weighted by atomic mass is 16.5. The van der Waals surface area contributed by atoms with Crippen molar-refractivity contribution in [3.05, 3.63) is 6.07 Å². The SMILES string of the molecule is CCC1CCCC(Oc2cc(NN)nc(N)n2)C1. The first kappa shape index (κ1) is 12.9. The minimum atomic E-state index is 0.170. The van der Waals surface area contributed by atoms with Gasteiger partial charge in [-0.3, -0.25) is 0 Å². The quantitative estimate of drug-likeness (QED) is 0.556. The van der Waals surface area contributed by atoms with Gasteiger partial charge < -0.3 is 15.9 Å². The van der Waals surface area contributed by atoms with E-state index >= 15 is 0 Å². The smallest absolute Gasteiger partial charge is 0.225 e. The van der Waals surface area contributed by atoms with E-state index in [0.717, 1.165) is 18.8 Å². The predicted octanol–water partition coefficient (Wildman–Crippen LogP) is 1.69. The summed E-state index contributed by atoms with van der Waals surface area (Å²) in [7, 11) is 0. The van der Waals surface area contributed by atoms with Crippen molar-refractivity contribution in [3.63, 3.8) is 0 Å². The molecule has 0 saturated heterocycles. The van der Waals surface area contributed by atoms with Crippen LogP contribution < -0.4 is 21.7 Å². The molecule has 0 amide bonds.